The number of amides is 2. The minimum absolute atomic E-state index is 0.0437. The topological polar surface area (TPSA) is 118 Å². The zero-order valence-electron chi connectivity index (χ0n) is 18.9. The molecule has 0 spiro atoms. The Balaban J connectivity index is 1.28. The van der Waals surface area contributed by atoms with Crippen LogP contribution in [-0.4, -0.2) is 49.6 Å². The number of hydrogen-bond acceptors (Lipinski definition) is 7. The van der Waals surface area contributed by atoms with Crippen LogP contribution >= 0.6 is 0 Å². The van der Waals surface area contributed by atoms with Gasteiger partial charge in [-0.05, 0) is 25.0 Å². The van der Waals surface area contributed by atoms with Gasteiger partial charge in [0, 0.05) is 31.0 Å². The average Bonchev–Trinajstić information content (AvgIpc) is 3.39. The summed E-state index contributed by atoms with van der Waals surface area (Å²) in [5, 5.41) is 4.42. The van der Waals surface area contributed by atoms with E-state index in [9.17, 15) is 9.59 Å². The fraction of sp³-hybridized carbons (Fsp3) is 0.200. The predicted molar refractivity (Wildman–Crippen MR) is 129 cm³/mol. The number of carbonyl (C=O) groups excluding carboxylic acids is 2. The zero-order chi connectivity index (χ0) is 24.0. The number of carbonyl (C=O) groups is 2. The molecule has 1 saturated heterocycles. The maximum Gasteiger partial charge on any atom is 0.309 e. The Hall–Kier alpha value is -4.60. The van der Waals surface area contributed by atoms with Gasteiger partial charge >= 0.3 is 5.91 Å². The van der Waals surface area contributed by atoms with Gasteiger partial charge in [0.05, 0.1) is 17.8 Å². The number of piperidine rings is 1. The number of anilines is 1. The van der Waals surface area contributed by atoms with E-state index in [0.717, 1.165) is 36.5 Å². The van der Waals surface area contributed by atoms with Gasteiger partial charge in [-0.25, -0.2) is 14.6 Å². The molecule has 1 aliphatic rings. The summed E-state index contributed by atoms with van der Waals surface area (Å²) in [5.41, 5.74) is 6.60. The van der Waals surface area contributed by atoms with Crippen LogP contribution in [0.15, 0.2) is 79.3 Å². The second kappa shape index (κ2) is 10.1. The smallest absolute Gasteiger partial charge is 0.309 e. The van der Waals surface area contributed by atoms with Crippen LogP contribution in [0.25, 0.3) is 17.1 Å². The molecule has 1 aliphatic heterocycles. The molecule has 2 N–H and O–H groups in total. The second-order valence-corrected chi connectivity index (χ2v) is 8.16. The van der Waals surface area contributed by atoms with Gasteiger partial charge in [0.15, 0.2) is 5.82 Å². The Labute approximate surface area is 202 Å². The Morgan fingerprint density at radius 1 is 0.943 bits per heavy atom. The Morgan fingerprint density at radius 3 is 2.46 bits per heavy atom. The molecule has 2 aromatic carbocycles. The molecule has 0 bridgehead atoms. The standard InChI is InChI=1S/C25H24N8O2/c34-24(19-10-7-15-32(17-19)21-16-26-13-14-27-21)29-30-25(35)22-28-23(18-8-3-1-4-9-18)33(31-22)20-11-5-2-6-12-20/h1-6,8-9,11-14,16,19H,7,10,15,17H2,(H,29,34)(H,30,35). The molecule has 176 valence electrons. The number of hydrazine groups is 1. The summed E-state index contributed by atoms with van der Waals surface area (Å²) in [5.74, 6) is 0.0708. The summed E-state index contributed by atoms with van der Waals surface area (Å²) in [6, 6.07) is 19.0. The molecule has 4 aromatic rings. The number of aromatic nitrogens is 5. The van der Waals surface area contributed by atoms with Crippen molar-refractivity contribution in [2.24, 2.45) is 5.92 Å². The fourth-order valence-corrected chi connectivity index (χ4v) is 4.06. The van der Waals surface area contributed by atoms with Crippen LogP contribution < -0.4 is 15.8 Å². The molecular formula is C25H24N8O2. The van der Waals surface area contributed by atoms with Crippen LogP contribution in [-0.2, 0) is 4.79 Å². The molecule has 2 amide bonds. The summed E-state index contributed by atoms with van der Waals surface area (Å²) in [6.07, 6.45) is 6.48. The molecular weight excluding hydrogens is 444 g/mol. The van der Waals surface area contributed by atoms with Crippen LogP contribution in [0.2, 0.25) is 0 Å². The van der Waals surface area contributed by atoms with Gasteiger partial charge in [0.2, 0.25) is 11.7 Å². The van der Waals surface area contributed by atoms with Crippen LogP contribution in [0.5, 0.6) is 0 Å². The molecule has 0 radical (unpaired) electrons. The van der Waals surface area contributed by atoms with Crippen LogP contribution in [0.4, 0.5) is 5.82 Å². The predicted octanol–water partition coefficient (Wildman–Crippen LogP) is 2.40. The third-order valence-corrected chi connectivity index (χ3v) is 5.81. The van der Waals surface area contributed by atoms with Crippen molar-refractivity contribution < 1.29 is 9.59 Å². The maximum absolute atomic E-state index is 12.9. The largest absolute Gasteiger partial charge is 0.355 e. The van der Waals surface area contributed by atoms with E-state index in [-0.39, 0.29) is 17.6 Å². The van der Waals surface area contributed by atoms with E-state index in [2.05, 4.69) is 30.9 Å². The Bertz CT molecular complexity index is 1240. The number of nitrogens with zero attached hydrogens (tertiary/aromatic N) is 6. The molecule has 1 fully saturated rings. The van der Waals surface area contributed by atoms with Crippen LogP contribution in [0.3, 0.4) is 0 Å². The van der Waals surface area contributed by atoms with Crippen molar-refractivity contribution in [3.05, 3.63) is 85.1 Å². The lowest BCUT2D eigenvalue weighted by Gasteiger charge is -2.32. The Morgan fingerprint density at radius 2 is 1.71 bits per heavy atom. The van der Waals surface area contributed by atoms with Crippen LogP contribution in [0.1, 0.15) is 23.5 Å². The number of para-hydroxylation sites is 1. The molecule has 3 heterocycles. The SMILES string of the molecule is O=C(NNC(=O)C1CCCN(c2cnccn2)C1)c1nc(-c2ccccc2)n(-c2ccccc2)n1. The lowest BCUT2D eigenvalue weighted by Crippen LogP contribution is -2.49. The van der Waals surface area contributed by atoms with E-state index in [1.54, 1.807) is 23.3 Å². The van der Waals surface area contributed by atoms with Crippen molar-refractivity contribution in [3.63, 3.8) is 0 Å². The summed E-state index contributed by atoms with van der Waals surface area (Å²) < 4.78 is 1.62. The van der Waals surface area contributed by atoms with Crippen molar-refractivity contribution in [3.8, 4) is 17.1 Å². The maximum atomic E-state index is 12.9. The molecule has 35 heavy (non-hydrogen) atoms. The fourth-order valence-electron chi connectivity index (χ4n) is 4.06. The summed E-state index contributed by atoms with van der Waals surface area (Å²) in [4.78, 5) is 40.5. The van der Waals surface area contributed by atoms with E-state index in [1.807, 2.05) is 65.6 Å². The first-order chi connectivity index (χ1) is 17.2. The van der Waals surface area contributed by atoms with Gasteiger partial charge in [-0.1, -0.05) is 48.5 Å². The van der Waals surface area contributed by atoms with Gasteiger partial charge < -0.3 is 4.90 Å². The molecule has 0 saturated carbocycles. The molecule has 0 aliphatic carbocycles. The van der Waals surface area contributed by atoms with Crippen LogP contribution in [0, 0.1) is 5.92 Å². The van der Waals surface area contributed by atoms with E-state index in [4.69, 9.17) is 0 Å². The van der Waals surface area contributed by atoms with Gasteiger partial charge in [-0.3, -0.25) is 25.4 Å². The highest BCUT2D eigenvalue weighted by molar-refractivity contribution is 5.93. The first-order valence-electron chi connectivity index (χ1n) is 11.4. The average molecular weight is 469 g/mol. The number of hydrogen-bond donors (Lipinski definition) is 2. The van der Waals surface area contributed by atoms with E-state index in [1.165, 1.54) is 0 Å². The minimum atomic E-state index is -0.591. The van der Waals surface area contributed by atoms with Gasteiger partial charge in [0.1, 0.15) is 5.82 Å². The lowest BCUT2D eigenvalue weighted by molar-refractivity contribution is -0.126. The molecule has 1 unspecified atom stereocenters. The van der Waals surface area contributed by atoms with Gasteiger partial charge in [0.25, 0.3) is 0 Å². The lowest BCUT2D eigenvalue weighted by atomic mass is 9.97. The first-order valence-corrected chi connectivity index (χ1v) is 11.4. The number of benzene rings is 2. The highest BCUT2D eigenvalue weighted by Crippen LogP contribution is 2.22. The summed E-state index contributed by atoms with van der Waals surface area (Å²) >= 11 is 0. The zero-order valence-corrected chi connectivity index (χ0v) is 18.9. The molecule has 5 rings (SSSR count). The van der Waals surface area contributed by atoms with Crippen molar-refractivity contribution in [1.82, 2.24) is 35.6 Å². The van der Waals surface area contributed by atoms with Crippen molar-refractivity contribution in [2.45, 2.75) is 12.8 Å². The monoisotopic (exact) mass is 468 g/mol. The van der Waals surface area contributed by atoms with E-state index < -0.39 is 5.91 Å². The third-order valence-electron chi connectivity index (χ3n) is 5.81. The molecule has 2 aromatic heterocycles. The summed E-state index contributed by atoms with van der Waals surface area (Å²) in [6.45, 7) is 1.30. The Kier molecular flexibility index (Phi) is 6.42. The number of nitrogens with one attached hydrogen (secondary N) is 2. The van der Waals surface area contributed by atoms with E-state index in [0.29, 0.717) is 12.4 Å². The highest BCUT2D eigenvalue weighted by Gasteiger charge is 2.27. The minimum Gasteiger partial charge on any atom is -0.355 e. The van der Waals surface area contributed by atoms with Crippen molar-refractivity contribution in [2.75, 3.05) is 18.0 Å². The molecule has 1 atom stereocenters. The normalized spacial score (nSPS) is 15.4. The summed E-state index contributed by atoms with van der Waals surface area (Å²) in [7, 11) is 0. The quantitative estimate of drug-likeness (QED) is 0.432. The van der Waals surface area contributed by atoms with Crippen molar-refractivity contribution in [1.29, 1.82) is 0 Å². The highest BCUT2D eigenvalue weighted by atomic mass is 16.2. The van der Waals surface area contributed by atoms with Crippen molar-refractivity contribution >= 4 is 17.6 Å². The third kappa shape index (κ3) is 5.01. The van der Waals surface area contributed by atoms with E-state index >= 15 is 0 Å². The molecule has 10 nitrogen and oxygen atoms in total. The second-order valence-electron chi connectivity index (χ2n) is 8.16. The van der Waals surface area contributed by atoms with Gasteiger partial charge in [-0.15, -0.1) is 5.10 Å². The first kappa shape index (κ1) is 22.2. The molecule has 10 heteroatoms. The van der Waals surface area contributed by atoms with Gasteiger partial charge in [-0.2, -0.15) is 0 Å². The number of rotatable bonds is 5.